The van der Waals surface area contributed by atoms with Crippen molar-refractivity contribution in [2.24, 2.45) is 0 Å². The van der Waals surface area contributed by atoms with Gasteiger partial charge in [-0.05, 0) is 42.8 Å². The first-order chi connectivity index (χ1) is 15.3. The molecule has 0 saturated heterocycles. The molecule has 0 aliphatic carbocycles. The zero-order chi connectivity index (χ0) is 22.5. The van der Waals surface area contributed by atoms with Crippen LogP contribution in [0.4, 0.5) is 17.5 Å². The molecule has 4 N–H and O–H groups in total. The molecule has 0 fully saturated rings. The summed E-state index contributed by atoms with van der Waals surface area (Å²) in [7, 11) is -3.96. The van der Waals surface area contributed by atoms with Crippen LogP contribution in [0.1, 0.15) is 6.92 Å². The molecule has 2 aromatic carbocycles. The van der Waals surface area contributed by atoms with Crippen LogP contribution in [-0.2, 0) is 16.6 Å². The van der Waals surface area contributed by atoms with Crippen molar-refractivity contribution in [3.63, 3.8) is 0 Å². The largest absolute Gasteiger partial charge is 0.383 e. The number of anilines is 3. The third kappa shape index (κ3) is 3.44. The number of nitrogen functional groups attached to an aromatic ring is 1. The van der Waals surface area contributed by atoms with Gasteiger partial charge in [0.2, 0.25) is 5.95 Å². The van der Waals surface area contributed by atoms with Gasteiger partial charge in [0, 0.05) is 30.0 Å². The van der Waals surface area contributed by atoms with Gasteiger partial charge in [-0.3, -0.25) is 14.1 Å². The second kappa shape index (κ2) is 7.34. The Balaban J connectivity index is 1.58. The molecule has 162 valence electrons. The summed E-state index contributed by atoms with van der Waals surface area (Å²) >= 11 is 0. The lowest BCUT2D eigenvalue weighted by molar-refractivity contribution is 0.601. The maximum Gasteiger partial charge on any atom is 0.265 e. The Morgan fingerprint density at radius 2 is 1.91 bits per heavy atom. The lowest BCUT2D eigenvalue weighted by Crippen LogP contribution is -2.20. The van der Waals surface area contributed by atoms with Gasteiger partial charge in [-0.25, -0.2) is 18.4 Å². The monoisotopic (exact) mass is 448 g/mol. The molecule has 1 aliphatic heterocycles. The number of benzene rings is 2. The van der Waals surface area contributed by atoms with Gasteiger partial charge in [0.15, 0.2) is 0 Å². The number of aromatic nitrogens is 3. The molecule has 10 heteroatoms. The number of sulfonamides is 1. The number of rotatable bonds is 4. The number of hydrogen-bond acceptors (Lipinski definition) is 7. The first kappa shape index (κ1) is 20.0. The number of fused-ring (bicyclic) bond motifs is 2. The number of nitrogens with one attached hydrogen (secondary N) is 2. The summed E-state index contributed by atoms with van der Waals surface area (Å²) in [6.07, 6.45) is 1.49. The molecule has 0 bridgehead atoms. The van der Waals surface area contributed by atoms with Crippen LogP contribution in [0.2, 0.25) is 0 Å². The van der Waals surface area contributed by atoms with E-state index in [0.29, 0.717) is 40.2 Å². The maximum atomic E-state index is 13.0. The minimum Gasteiger partial charge on any atom is -0.383 e. The highest BCUT2D eigenvalue weighted by Crippen LogP contribution is 2.28. The van der Waals surface area contributed by atoms with Gasteiger partial charge in [0.25, 0.3) is 15.6 Å². The van der Waals surface area contributed by atoms with Crippen LogP contribution in [0.15, 0.2) is 70.5 Å². The zero-order valence-electron chi connectivity index (χ0n) is 17.1. The van der Waals surface area contributed by atoms with E-state index < -0.39 is 10.0 Å². The zero-order valence-corrected chi connectivity index (χ0v) is 17.9. The smallest absolute Gasteiger partial charge is 0.265 e. The highest BCUT2D eigenvalue weighted by atomic mass is 32.2. The molecule has 0 radical (unpaired) electrons. The van der Waals surface area contributed by atoms with Crippen LogP contribution >= 0.6 is 0 Å². The standard InChI is InChI=1S/C22H20N6O3S/c1-13-12-28-21(29)17-9-14(7-8-18(17)26-22(28)25-13)15-10-19(20(23)24-11-15)32(30,31)27-16-5-3-2-4-6-16/h2-11,13,27H,12H2,1H3,(H2,23,24)(H,25,26). The van der Waals surface area contributed by atoms with Crippen molar-refractivity contribution in [1.29, 1.82) is 0 Å². The Kier molecular flexibility index (Phi) is 4.59. The van der Waals surface area contributed by atoms with E-state index in [1.165, 1.54) is 12.3 Å². The maximum absolute atomic E-state index is 13.0. The second-order valence-corrected chi connectivity index (χ2v) is 9.36. The quantitative estimate of drug-likeness (QED) is 0.437. The van der Waals surface area contributed by atoms with Gasteiger partial charge in [-0.1, -0.05) is 24.3 Å². The van der Waals surface area contributed by atoms with Gasteiger partial charge >= 0.3 is 0 Å². The number of nitrogens with two attached hydrogens (primary N) is 1. The number of para-hydroxylation sites is 1. The molecule has 1 atom stereocenters. The Bertz CT molecular complexity index is 1520. The normalized spacial score (nSPS) is 15.3. The fraction of sp³-hybridized carbons (Fsp3) is 0.136. The first-order valence-corrected chi connectivity index (χ1v) is 11.4. The van der Waals surface area contributed by atoms with Crippen LogP contribution in [0.25, 0.3) is 22.0 Å². The first-order valence-electron chi connectivity index (χ1n) is 9.97. The minimum absolute atomic E-state index is 0.113. The highest BCUT2D eigenvalue weighted by molar-refractivity contribution is 7.92. The van der Waals surface area contributed by atoms with E-state index in [9.17, 15) is 13.2 Å². The van der Waals surface area contributed by atoms with Gasteiger partial charge in [0.05, 0.1) is 10.9 Å². The summed E-state index contributed by atoms with van der Waals surface area (Å²) < 4.78 is 30.0. The third-order valence-corrected chi connectivity index (χ3v) is 6.73. The van der Waals surface area contributed by atoms with Crippen molar-refractivity contribution in [3.8, 4) is 11.1 Å². The van der Waals surface area contributed by atoms with Crippen LogP contribution < -0.4 is 21.3 Å². The van der Waals surface area contributed by atoms with Crippen molar-refractivity contribution >= 4 is 38.4 Å². The third-order valence-electron chi connectivity index (χ3n) is 5.32. The predicted octanol–water partition coefficient (Wildman–Crippen LogP) is 2.66. The SMILES string of the molecule is CC1Cn2c(nc3ccc(-c4cnc(N)c(S(=O)(=O)Nc5ccccc5)c4)cc3c2=O)N1. The summed E-state index contributed by atoms with van der Waals surface area (Å²) in [4.78, 5) is 21.4. The fourth-order valence-electron chi connectivity index (χ4n) is 3.76. The lowest BCUT2D eigenvalue weighted by atomic mass is 10.1. The molecule has 1 unspecified atom stereocenters. The molecule has 32 heavy (non-hydrogen) atoms. The van der Waals surface area contributed by atoms with Crippen molar-refractivity contribution in [3.05, 3.63) is 71.1 Å². The summed E-state index contributed by atoms with van der Waals surface area (Å²) in [5, 5.41) is 3.63. The molecular weight excluding hydrogens is 428 g/mol. The van der Waals surface area contributed by atoms with Gasteiger partial charge < -0.3 is 11.1 Å². The van der Waals surface area contributed by atoms with E-state index in [1.807, 2.05) is 6.92 Å². The predicted molar refractivity (Wildman–Crippen MR) is 124 cm³/mol. The van der Waals surface area contributed by atoms with Crippen molar-refractivity contribution in [2.45, 2.75) is 24.4 Å². The van der Waals surface area contributed by atoms with Crippen molar-refractivity contribution in [2.75, 3.05) is 15.8 Å². The minimum atomic E-state index is -3.96. The van der Waals surface area contributed by atoms with Crippen molar-refractivity contribution in [1.82, 2.24) is 14.5 Å². The van der Waals surface area contributed by atoms with E-state index >= 15 is 0 Å². The Morgan fingerprint density at radius 3 is 2.69 bits per heavy atom. The van der Waals surface area contributed by atoms with E-state index in [2.05, 4.69) is 20.0 Å². The Morgan fingerprint density at radius 1 is 1.12 bits per heavy atom. The summed E-state index contributed by atoms with van der Waals surface area (Å²) in [6.45, 7) is 2.52. The number of hydrogen-bond donors (Lipinski definition) is 3. The van der Waals surface area contributed by atoms with E-state index in [4.69, 9.17) is 5.73 Å². The van der Waals surface area contributed by atoms with Crippen LogP contribution in [0.5, 0.6) is 0 Å². The van der Waals surface area contributed by atoms with Crippen LogP contribution in [-0.4, -0.2) is 29.0 Å². The number of nitrogens with zero attached hydrogens (tertiary/aromatic N) is 3. The van der Waals surface area contributed by atoms with Crippen LogP contribution in [0.3, 0.4) is 0 Å². The lowest BCUT2D eigenvalue weighted by Gasteiger charge is -2.12. The summed E-state index contributed by atoms with van der Waals surface area (Å²) in [5.41, 5.74) is 7.89. The molecule has 2 aromatic heterocycles. The average Bonchev–Trinajstić information content (AvgIpc) is 3.15. The van der Waals surface area contributed by atoms with Gasteiger partial charge in [0.1, 0.15) is 10.7 Å². The molecule has 9 nitrogen and oxygen atoms in total. The number of pyridine rings is 1. The highest BCUT2D eigenvalue weighted by Gasteiger charge is 2.22. The molecule has 0 saturated carbocycles. The molecule has 5 rings (SSSR count). The average molecular weight is 449 g/mol. The van der Waals surface area contributed by atoms with Gasteiger partial charge in [-0.15, -0.1) is 0 Å². The van der Waals surface area contributed by atoms with Crippen molar-refractivity contribution < 1.29 is 8.42 Å². The molecule has 3 heterocycles. The van der Waals surface area contributed by atoms with E-state index in [0.717, 1.165) is 0 Å². The molecule has 0 amide bonds. The van der Waals surface area contributed by atoms with Crippen LogP contribution in [0, 0.1) is 0 Å². The molecule has 4 aromatic rings. The summed E-state index contributed by atoms with van der Waals surface area (Å²) in [6, 6.07) is 15.3. The molecular formula is C22H20N6O3S. The topological polar surface area (TPSA) is 132 Å². The van der Waals surface area contributed by atoms with E-state index in [1.54, 1.807) is 53.1 Å². The fourth-order valence-corrected chi connectivity index (χ4v) is 4.93. The summed E-state index contributed by atoms with van der Waals surface area (Å²) in [5.74, 6) is 0.440. The van der Waals surface area contributed by atoms with E-state index in [-0.39, 0.29) is 22.3 Å². The molecule has 0 spiro atoms. The Hall–Kier alpha value is -3.92. The Labute approximate surface area is 184 Å². The molecule has 1 aliphatic rings. The second-order valence-electron chi connectivity index (χ2n) is 7.71. The van der Waals surface area contributed by atoms with Gasteiger partial charge in [-0.2, -0.15) is 0 Å².